The van der Waals surface area contributed by atoms with E-state index in [1.807, 2.05) is 20.8 Å². The van der Waals surface area contributed by atoms with Crippen molar-refractivity contribution in [2.45, 2.75) is 71.1 Å². The first-order chi connectivity index (χ1) is 12.8. The van der Waals surface area contributed by atoms with Crippen LogP contribution in [0.2, 0.25) is 0 Å². The number of benzene rings is 1. The molecule has 0 radical (unpaired) electrons. The number of nitrogens with zero attached hydrogens (tertiary/aromatic N) is 1. The minimum atomic E-state index is -0.553. The van der Waals surface area contributed by atoms with Crippen molar-refractivity contribution in [3.05, 3.63) is 35.4 Å². The molecule has 1 aromatic carbocycles. The van der Waals surface area contributed by atoms with E-state index >= 15 is 0 Å². The summed E-state index contributed by atoms with van der Waals surface area (Å²) in [5.41, 5.74) is 0.714. The molecule has 1 amide bonds. The van der Waals surface area contributed by atoms with Gasteiger partial charge >= 0.3 is 11.9 Å². The fraction of sp³-hybridized carbons (Fsp3) is 0.571. The zero-order valence-corrected chi connectivity index (χ0v) is 16.4. The minimum Gasteiger partial charge on any atom is -0.461 e. The average molecular weight is 375 g/mol. The van der Waals surface area contributed by atoms with E-state index in [1.165, 1.54) is 11.3 Å². The van der Waals surface area contributed by atoms with Gasteiger partial charge in [-0.05, 0) is 64.2 Å². The van der Waals surface area contributed by atoms with Gasteiger partial charge in [-0.15, -0.1) is 0 Å². The predicted octanol–water partition coefficient (Wildman–Crippen LogP) is 3.48. The summed E-state index contributed by atoms with van der Waals surface area (Å²) >= 11 is 0. The molecule has 27 heavy (non-hydrogen) atoms. The fourth-order valence-electron chi connectivity index (χ4n) is 3.02. The summed E-state index contributed by atoms with van der Waals surface area (Å²) in [6, 6.07) is 6.82. The first kappa shape index (κ1) is 20.9. The minimum absolute atomic E-state index is 0.0205. The lowest BCUT2D eigenvalue weighted by Crippen LogP contribution is -2.32. The van der Waals surface area contributed by atoms with E-state index < -0.39 is 11.6 Å². The molecule has 0 unspecified atom stereocenters. The number of esters is 2. The highest BCUT2D eigenvalue weighted by molar-refractivity contribution is 5.89. The molecule has 0 atom stereocenters. The van der Waals surface area contributed by atoms with Gasteiger partial charge in [0, 0.05) is 6.54 Å². The summed E-state index contributed by atoms with van der Waals surface area (Å²) in [4.78, 5) is 36.8. The Balaban J connectivity index is 1.87. The van der Waals surface area contributed by atoms with Crippen LogP contribution in [-0.4, -0.2) is 41.5 Å². The number of carbonyl (C=O) groups excluding carboxylic acids is 3. The van der Waals surface area contributed by atoms with Crippen LogP contribution in [0.1, 0.15) is 68.8 Å². The van der Waals surface area contributed by atoms with E-state index in [0.717, 1.165) is 31.2 Å². The van der Waals surface area contributed by atoms with Gasteiger partial charge in [0.05, 0.1) is 5.56 Å². The van der Waals surface area contributed by atoms with Crippen molar-refractivity contribution in [2.24, 2.45) is 0 Å². The van der Waals surface area contributed by atoms with Crippen LogP contribution in [0.4, 0.5) is 0 Å². The van der Waals surface area contributed by atoms with Crippen molar-refractivity contribution in [2.75, 3.05) is 6.54 Å². The second kappa shape index (κ2) is 9.53. The maximum absolute atomic E-state index is 12.1. The van der Waals surface area contributed by atoms with Gasteiger partial charge in [0.2, 0.25) is 6.41 Å². The molecule has 148 valence electrons. The monoisotopic (exact) mass is 375 g/mol. The summed E-state index contributed by atoms with van der Waals surface area (Å²) in [5, 5.41) is 0. The Bertz CT molecular complexity index is 642. The van der Waals surface area contributed by atoms with Crippen molar-refractivity contribution in [1.29, 1.82) is 0 Å². The van der Waals surface area contributed by atoms with E-state index in [2.05, 4.69) is 0 Å². The quantitative estimate of drug-likeness (QED) is 0.539. The molecule has 1 saturated carbocycles. The molecule has 1 aliphatic carbocycles. The molecule has 6 heteroatoms. The number of hydrogen-bond donors (Lipinski definition) is 0. The summed E-state index contributed by atoms with van der Waals surface area (Å²) in [6.45, 7) is 5.64. The molecule has 0 aromatic heterocycles. The second-order valence-electron chi connectivity index (χ2n) is 7.96. The molecule has 0 spiro atoms. The molecule has 1 aliphatic rings. The van der Waals surface area contributed by atoms with Crippen molar-refractivity contribution in [3.63, 3.8) is 0 Å². The van der Waals surface area contributed by atoms with Gasteiger partial charge in [-0.25, -0.2) is 4.79 Å². The molecule has 0 saturated heterocycles. The van der Waals surface area contributed by atoms with Crippen LogP contribution < -0.4 is 0 Å². The lowest BCUT2D eigenvalue weighted by atomic mass is 9.98. The van der Waals surface area contributed by atoms with Crippen LogP contribution in [-0.2, 0) is 25.6 Å². The van der Waals surface area contributed by atoms with Gasteiger partial charge < -0.3 is 14.4 Å². The lowest BCUT2D eigenvalue weighted by Gasteiger charge is -2.23. The number of hydrogen-bond acceptors (Lipinski definition) is 5. The van der Waals surface area contributed by atoms with Gasteiger partial charge in [0.15, 0.2) is 0 Å². The number of ether oxygens (including phenoxy) is 2. The third-order valence-corrected chi connectivity index (χ3v) is 4.31. The predicted molar refractivity (Wildman–Crippen MR) is 101 cm³/mol. The van der Waals surface area contributed by atoms with Crippen molar-refractivity contribution >= 4 is 18.3 Å². The summed E-state index contributed by atoms with van der Waals surface area (Å²) in [7, 11) is 0. The zero-order chi connectivity index (χ0) is 19.9. The highest BCUT2D eigenvalue weighted by atomic mass is 16.6. The van der Waals surface area contributed by atoms with E-state index in [-0.39, 0.29) is 25.2 Å². The molecule has 0 N–H and O–H groups in total. The van der Waals surface area contributed by atoms with Crippen LogP contribution in [0.5, 0.6) is 0 Å². The Hall–Kier alpha value is -2.37. The molecule has 0 bridgehead atoms. The Morgan fingerprint density at radius 2 is 1.74 bits per heavy atom. The smallest absolute Gasteiger partial charge is 0.338 e. The Morgan fingerprint density at radius 3 is 2.30 bits per heavy atom. The molecular weight excluding hydrogens is 346 g/mol. The van der Waals surface area contributed by atoms with Crippen LogP contribution in [0.25, 0.3) is 0 Å². The molecule has 0 heterocycles. The van der Waals surface area contributed by atoms with E-state index in [9.17, 15) is 14.4 Å². The van der Waals surface area contributed by atoms with Crippen molar-refractivity contribution < 1.29 is 23.9 Å². The Morgan fingerprint density at radius 1 is 1.11 bits per heavy atom. The van der Waals surface area contributed by atoms with Gasteiger partial charge in [-0.1, -0.05) is 18.6 Å². The molecule has 2 rings (SSSR count). The molecule has 1 aromatic rings. The van der Waals surface area contributed by atoms with E-state index in [0.29, 0.717) is 12.0 Å². The van der Waals surface area contributed by atoms with Gasteiger partial charge in [0.25, 0.3) is 0 Å². The van der Waals surface area contributed by atoms with Gasteiger partial charge in [-0.3, -0.25) is 9.59 Å². The van der Waals surface area contributed by atoms with Crippen LogP contribution in [0.15, 0.2) is 24.3 Å². The van der Waals surface area contributed by atoms with Crippen LogP contribution in [0.3, 0.4) is 0 Å². The topological polar surface area (TPSA) is 72.9 Å². The Kier molecular flexibility index (Phi) is 7.39. The number of amides is 1. The van der Waals surface area contributed by atoms with E-state index in [1.54, 1.807) is 24.3 Å². The second-order valence-corrected chi connectivity index (χ2v) is 7.96. The third kappa shape index (κ3) is 7.41. The highest BCUT2D eigenvalue weighted by Crippen LogP contribution is 2.20. The van der Waals surface area contributed by atoms with Crippen LogP contribution >= 0.6 is 0 Å². The van der Waals surface area contributed by atoms with E-state index in [4.69, 9.17) is 9.47 Å². The summed E-state index contributed by atoms with van der Waals surface area (Å²) in [5.74, 6) is -0.767. The molecule has 1 fully saturated rings. The maximum Gasteiger partial charge on any atom is 0.338 e. The average Bonchev–Trinajstić information content (AvgIpc) is 2.61. The van der Waals surface area contributed by atoms with Crippen molar-refractivity contribution in [1.82, 2.24) is 4.90 Å². The fourth-order valence-corrected chi connectivity index (χ4v) is 3.02. The van der Waals surface area contributed by atoms with Gasteiger partial charge in [0.1, 0.15) is 18.2 Å². The SMILES string of the molecule is CC(C)(C)OC(=O)c1ccc(CN(C=O)CC(=O)OC2CCCCC2)cc1. The Labute approximate surface area is 160 Å². The van der Waals surface area contributed by atoms with Crippen molar-refractivity contribution in [3.8, 4) is 0 Å². The zero-order valence-electron chi connectivity index (χ0n) is 16.4. The summed E-state index contributed by atoms with van der Waals surface area (Å²) in [6.07, 6.45) is 5.78. The maximum atomic E-state index is 12.1. The van der Waals surface area contributed by atoms with Gasteiger partial charge in [-0.2, -0.15) is 0 Å². The third-order valence-electron chi connectivity index (χ3n) is 4.31. The molecule has 6 nitrogen and oxygen atoms in total. The number of carbonyl (C=O) groups is 3. The summed E-state index contributed by atoms with van der Waals surface area (Å²) < 4.78 is 10.8. The molecular formula is C21H29NO5. The number of rotatable bonds is 7. The molecule has 0 aliphatic heterocycles. The van der Waals surface area contributed by atoms with Crippen LogP contribution in [0, 0.1) is 0 Å². The lowest BCUT2D eigenvalue weighted by molar-refractivity contribution is -0.153. The standard InChI is InChI=1S/C21H29NO5/c1-21(2,3)27-20(25)17-11-9-16(10-12-17)13-22(15-23)14-19(24)26-18-7-5-4-6-8-18/h9-12,15,18H,4-8,13-14H2,1-3H3. The largest absolute Gasteiger partial charge is 0.461 e. The first-order valence-corrected chi connectivity index (χ1v) is 9.48. The first-order valence-electron chi connectivity index (χ1n) is 9.48. The normalized spacial score (nSPS) is 15.1. The highest BCUT2D eigenvalue weighted by Gasteiger charge is 2.20.